The molecule has 29 heavy (non-hydrogen) atoms. The second-order valence-corrected chi connectivity index (χ2v) is 11.0. The standard InChI is InChI=1S/C25H35N3O/c1-16-3-5-19-18(11-16)4-6-21-20(19)9-10-25(2)22(21)7-8-23(25)24(29)15-28-14-17(12-26)13-27-28/h13-14,16,18-23H,3-11,15H2,1-2H3/t16?,18?,19-,20?,21?,22?,23?,25?/m0/s1. The van der Waals surface area contributed by atoms with E-state index >= 15 is 0 Å². The van der Waals surface area contributed by atoms with Gasteiger partial charge in [0.05, 0.1) is 18.3 Å². The van der Waals surface area contributed by atoms with Crippen LogP contribution in [0.25, 0.3) is 0 Å². The molecule has 0 bridgehead atoms. The maximum atomic E-state index is 13.3. The molecular weight excluding hydrogens is 358 g/mol. The summed E-state index contributed by atoms with van der Waals surface area (Å²) in [6.45, 7) is 5.21. The number of carbonyl (C=O) groups is 1. The molecule has 4 heteroatoms. The lowest BCUT2D eigenvalue weighted by molar-refractivity contribution is -0.131. The molecule has 4 aliphatic rings. The summed E-state index contributed by atoms with van der Waals surface area (Å²) in [5, 5.41) is 13.2. The molecule has 5 rings (SSSR count). The molecule has 0 amide bonds. The number of rotatable bonds is 3. The first kappa shape index (κ1) is 19.3. The summed E-state index contributed by atoms with van der Waals surface area (Å²) in [4.78, 5) is 13.3. The van der Waals surface area contributed by atoms with E-state index in [9.17, 15) is 4.79 Å². The SMILES string of the molecule is CC1CC[C@H]2C(CCC3C2CCC2(C)C(C(=O)Cn4cc(C#N)cn4)CCC32)C1. The van der Waals surface area contributed by atoms with Crippen molar-refractivity contribution in [1.82, 2.24) is 9.78 Å². The van der Waals surface area contributed by atoms with Crippen LogP contribution in [-0.4, -0.2) is 15.6 Å². The Labute approximate surface area is 175 Å². The maximum Gasteiger partial charge on any atom is 0.157 e. The van der Waals surface area contributed by atoms with Crippen LogP contribution in [-0.2, 0) is 11.3 Å². The van der Waals surface area contributed by atoms with E-state index in [0.717, 1.165) is 41.9 Å². The predicted octanol–water partition coefficient (Wildman–Crippen LogP) is 5.23. The van der Waals surface area contributed by atoms with Gasteiger partial charge in [0.25, 0.3) is 0 Å². The Balaban J connectivity index is 1.31. The highest BCUT2D eigenvalue weighted by molar-refractivity contribution is 5.82. The van der Waals surface area contributed by atoms with Gasteiger partial charge in [0.1, 0.15) is 6.07 Å². The van der Waals surface area contributed by atoms with Crippen LogP contribution >= 0.6 is 0 Å². The van der Waals surface area contributed by atoms with Gasteiger partial charge >= 0.3 is 0 Å². The number of ketones is 1. The van der Waals surface area contributed by atoms with Gasteiger partial charge in [0, 0.05) is 12.1 Å². The molecule has 1 aromatic heterocycles. The van der Waals surface area contributed by atoms with Gasteiger partial charge < -0.3 is 0 Å². The molecule has 4 nitrogen and oxygen atoms in total. The Morgan fingerprint density at radius 2 is 2.00 bits per heavy atom. The van der Waals surface area contributed by atoms with Gasteiger partial charge in [-0.2, -0.15) is 10.4 Å². The normalized spacial score (nSPS) is 43.7. The van der Waals surface area contributed by atoms with Gasteiger partial charge in [0.15, 0.2) is 5.78 Å². The van der Waals surface area contributed by atoms with Crippen LogP contribution in [0.3, 0.4) is 0 Å². The second-order valence-electron chi connectivity index (χ2n) is 11.0. The predicted molar refractivity (Wildman–Crippen MR) is 112 cm³/mol. The molecule has 0 aliphatic heterocycles. The Kier molecular flexibility index (Phi) is 4.84. The maximum absolute atomic E-state index is 13.3. The van der Waals surface area contributed by atoms with Gasteiger partial charge in [-0.3, -0.25) is 9.48 Å². The summed E-state index contributed by atoms with van der Waals surface area (Å²) in [5.41, 5.74) is 0.713. The van der Waals surface area contributed by atoms with Gasteiger partial charge in [0.2, 0.25) is 0 Å². The van der Waals surface area contributed by atoms with Crippen molar-refractivity contribution in [1.29, 1.82) is 5.26 Å². The van der Waals surface area contributed by atoms with Gasteiger partial charge in [-0.1, -0.05) is 20.3 Å². The fourth-order valence-corrected chi connectivity index (χ4v) is 8.39. The molecule has 0 spiro atoms. The molecule has 0 radical (unpaired) electrons. The van der Waals surface area contributed by atoms with Gasteiger partial charge in [-0.15, -0.1) is 0 Å². The van der Waals surface area contributed by atoms with E-state index in [1.54, 1.807) is 17.1 Å². The lowest BCUT2D eigenvalue weighted by atomic mass is 9.49. The summed E-state index contributed by atoms with van der Waals surface area (Å²) in [6.07, 6.45) is 15.3. The molecule has 1 aromatic rings. The third kappa shape index (κ3) is 3.16. The van der Waals surface area contributed by atoms with Crippen molar-refractivity contribution in [2.45, 2.75) is 78.2 Å². The first-order valence-electron chi connectivity index (χ1n) is 11.9. The second kappa shape index (κ2) is 7.25. The fourth-order valence-electron chi connectivity index (χ4n) is 8.39. The number of hydrogen-bond donors (Lipinski definition) is 0. The average Bonchev–Trinajstić information content (AvgIpc) is 3.30. The number of fused-ring (bicyclic) bond motifs is 5. The molecule has 4 aliphatic carbocycles. The van der Waals surface area contributed by atoms with Crippen LogP contribution in [0.15, 0.2) is 12.4 Å². The lowest BCUT2D eigenvalue weighted by Crippen LogP contribution is -2.49. The largest absolute Gasteiger partial charge is 0.297 e. The Morgan fingerprint density at radius 1 is 1.17 bits per heavy atom. The van der Waals surface area contributed by atoms with Crippen molar-refractivity contribution in [2.75, 3.05) is 0 Å². The average molecular weight is 394 g/mol. The zero-order valence-electron chi connectivity index (χ0n) is 18.0. The first-order chi connectivity index (χ1) is 14.0. The summed E-state index contributed by atoms with van der Waals surface area (Å²) in [5.74, 6) is 5.92. The number of Topliss-reactive ketones (excluding diaryl/α,β-unsaturated/α-hetero) is 1. The lowest BCUT2D eigenvalue weighted by Gasteiger charge is -2.56. The van der Waals surface area contributed by atoms with Crippen molar-refractivity contribution in [3.05, 3.63) is 18.0 Å². The number of nitriles is 1. The molecule has 1 heterocycles. The van der Waals surface area contributed by atoms with E-state index < -0.39 is 0 Å². The van der Waals surface area contributed by atoms with Crippen molar-refractivity contribution in [3.8, 4) is 6.07 Å². The van der Waals surface area contributed by atoms with Crippen molar-refractivity contribution in [3.63, 3.8) is 0 Å². The van der Waals surface area contributed by atoms with Gasteiger partial charge in [-0.05, 0) is 92.3 Å². The number of aromatic nitrogens is 2. The van der Waals surface area contributed by atoms with E-state index in [0.29, 0.717) is 17.9 Å². The zero-order chi connectivity index (χ0) is 20.2. The Morgan fingerprint density at radius 3 is 2.79 bits per heavy atom. The molecule has 4 fully saturated rings. The quantitative estimate of drug-likeness (QED) is 0.706. The molecule has 7 unspecified atom stereocenters. The van der Waals surface area contributed by atoms with Crippen LogP contribution in [0.1, 0.15) is 77.2 Å². The highest BCUT2D eigenvalue weighted by Crippen LogP contribution is 2.64. The minimum atomic E-state index is 0.173. The minimum Gasteiger partial charge on any atom is -0.297 e. The third-order valence-electron chi connectivity index (χ3n) is 9.69. The highest BCUT2D eigenvalue weighted by atomic mass is 16.1. The van der Waals surface area contributed by atoms with E-state index in [1.807, 2.05) is 0 Å². The smallest absolute Gasteiger partial charge is 0.157 e. The number of hydrogen-bond acceptors (Lipinski definition) is 3. The summed E-state index contributed by atoms with van der Waals surface area (Å²) >= 11 is 0. The summed E-state index contributed by atoms with van der Waals surface area (Å²) in [6, 6.07) is 2.10. The van der Waals surface area contributed by atoms with E-state index in [4.69, 9.17) is 5.26 Å². The van der Waals surface area contributed by atoms with Crippen molar-refractivity contribution < 1.29 is 4.79 Å². The molecule has 156 valence electrons. The summed E-state index contributed by atoms with van der Waals surface area (Å²) < 4.78 is 1.66. The third-order valence-corrected chi connectivity index (χ3v) is 9.69. The van der Waals surface area contributed by atoms with E-state index in [1.165, 1.54) is 51.4 Å². The molecule has 0 aromatic carbocycles. The minimum absolute atomic E-state index is 0.173. The monoisotopic (exact) mass is 393 g/mol. The van der Waals surface area contributed by atoms with Crippen LogP contribution in [0.4, 0.5) is 0 Å². The molecular formula is C25H35N3O. The van der Waals surface area contributed by atoms with Crippen LogP contribution in [0.5, 0.6) is 0 Å². The highest BCUT2D eigenvalue weighted by Gasteiger charge is 2.58. The van der Waals surface area contributed by atoms with Crippen LogP contribution < -0.4 is 0 Å². The first-order valence-corrected chi connectivity index (χ1v) is 11.9. The van der Waals surface area contributed by atoms with Crippen molar-refractivity contribution >= 4 is 5.78 Å². The topological polar surface area (TPSA) is 58.7 Å². The van der Waals surface area contributed by atoms with Crippen molar-refractivity contribution in [2.24, 2.45) is 46.8 Å². The van der Waals surface area contributed by atoms with E-state index in [-0.39, 0.29) is 11.3 Å². The van der Waals surface area contributed by atoms with Gasteiger partial charge in [-0.25, -0.2) is 0 Å². The Hall–Kier alpha value is -1.63. The molecule has 8 atom stereocenters. The molecule has 0 N–H and O–H groups in total. The van der Waals surface area contributed by atoms with Crippen LogP contribution in [0, 0.1) is 58.2 Å². The zero-order valence-corrected chi connectivity index (χ0v) is 18.0. The van der Waals surface area contributed by atoms with E-state index in [2.05, 4.69) is 25.0 Å². The van der Waals surface area contributed by atoms with Crippen LogP contribution in [0.2, 0.25) is 0 Å². The Bertz CT molecular complexity index is 822. The summed E-state index contributed by atoms with van der Waals surface area (Å²) in [7, 11) is 0. The number of nitrogens with zero attached hydrogens (tertiary/aromatic N) is 3. The number of carbonyl (C=O) groups excluding carboxylic acids is 1. The fraction of sp³-hybridized carbons (Fsp3) is 0.800. The molecule has 4 saturated carbocycles. The molecule has 0 saturated heterocycles.